The number of aromatic nitrogens is 2. The third-order valence-electron chi connectivity index (χ3n) is 2.61. The summed E-state index contributed by atoms with van der Waals surface area (Å²) in [5.41, 5.74) is 0.459. The summed E-state index contributed by atoms with van der Waals surface area (Å²) < 4.78 is 7.82. The first-order chi connectivity index (χ1) is 7.18. The summed E-state index contributed by atoms with van der Waals surface area (Å²) in [6, 6.07) is 0.562. The van der Waals surface area contributed by atoms with E-state index in [-0.39, 0.29) is 24.4 Å². The molecule has 2 unspecified atom stereocenters. The quantitative estimate of drug-likeness (QED) is 0.813. The Kier molecular flexibility index (Phi) is 4.64. The predicted molar refractivity (Wildman–Crippen MR) is 65.1 cm³/mol. The molecule has 1 aromatic heterocycles. The third kappa shape index (κ3) is 2.69. The summed E-state index contributed by atoms with van der Waals surface area (Å²) in [7, 11) is 0. The lowest BCUT2D eigenvalue weighted by Crippen LogP contribution is -2.56. The van der Waals surface area contributed by atoms with Gasteiger partial charge in [0.1, 0.15) is 0 Å². The van der Waals surface area contributed by atoms with Gasteiger partial charge in [0.05, 0.1) is 17.9 Å². The van der Waals surface area contributed by atoms with E-state index in [1.165, 1.54) is 6.20 Å². The summed E-state index contributed by atoms with van der Waals surface area (Å²) in [6.07, 6.45) is 1.53. The van der Waals surface area contributed by atoms with Crippen LogP contribution in [0.1, 0.15) is 24.3 Å². The molecule has 0 radical (unpaired) electrons. The summed E-state index contributed by atoms with van der Waals surface area (Å²) in [5, 5.41) is 3.33. The highest BCUT2D eigenvalue weighted by atomic mass is 35.5. The smallest absolute Gasteiger partial charge is 0.275 e. The topological polar surface area (TPSA) is 58.1 Å². The van der Waals surface area contributed by atoms with Gasteiger partial charge in [-0.05, 0) is 13.8 Å². The molecule has 16 heavy (non-hydrogen) atoms. The number of nitrogens with zero attached hydrogens (tertiary/aromatic N) is 3. The molecular weight excluding hydrogens is 248 g/mol. The van der Waals surface area contributed by atoms with Crippen LogP contribution >= 0.6 is 24.1 Å². The number of carbonyl (C=O) groups excluding carboxylic acids is 1. The van der Waals surface area contributed by atoms with Crippen LogP contribution in [0.2, 0.25) is 0 Å². The van der Waals surface area contributed by atoms with Crippen LogP contribution in [0.15, 0.2) is 6.20 Å². The van der Waals surface area contributed by atoms with Crippen molar-refractivity contribution in [1.82, 2.24) is 19.0 Å². The molecular formula is C9H15ClN4OS. The Morgan fingerprint density at radius 3 is 3.00 bits per heavy atom. The average Bonchev–Trinajstić information content (AvgIpc) is 2.74. The molecule has 1 saturated heterocycles. The molecule has 1 aromatic rings. The predicted octanol–water partition coefficient (Wildman–Crippen LogP) is 0.782. The van der Waals surface area contributed by atoms with Crippen molar-refractivity contribution in [2.45, 2.75) is 25.9 Å². The van der Waals surface area contributed by atoms with Crippen molar-refractivity contribution in [1.29, 1.82) is 0 Å². The molecule has 0 saturated carbocycles. The first kappa shape index (κ1) is 13.3. The van der Waals surface area contributed by atoms with Crippen LogP contribution in [-0.4, -0.2) is 44.7 Å². The van der Waals surface area contributed by atoms with Crippen LogP contribution in [-0.2, 0) is 0 Å². The summed E-state index contributed by atoms with van der Waals surface area (Å²) in [5.74, 6) is -0.00963. The molecule has 1 aliphatic heterocycles. The Morgan fingerprint density at radius 1 is 1.62 bits per heavy atom. The molecule has 2 heterocycles. The fourth-order valence-electron chi connectivity index (χ4n) is 1.71. The van der Waals surface area contributed by atoms with Crippen molar-refractivity contribution >= 4 is 30.0 Å². The second kappa shape index (κ2) is 5.56. The number of piperazine rings is 1. The number of halogens is 1. The molecule has 1 N–H and O–H groups in total. The van der Waals surface area contributed by atoms with E-state index in [0.717, 1.165) is 24.8 Å². The third-order valence-corrected chi connectivity index (χ3v) is 3.08. The fourth-order valence-corrected chi connectivity index (χ4v) is 2.12. The van der Waals surface area contributed by atoms with Gasteiger partial charge in [-0.15, -0.1) is 12.4 Å². The fraction of sp³-hybridized carbons (Fsp3) is 0.667. The number of rotatable bonds is 1. The van der Waals surface area contributed by atoms with Gasteiger partial charge in [-0.2, -0.15) is 8.75 Å². The molecule has 2 atom stereocenters. The maximum Gasteiger partial charge on any atom is 0.275 e. The van der Waals surface area contributed by atoms with Crippen molar-refractivity contribution < 1.29 is 4.79 Å². The summed E-state index contributed by atoms with van der Waals surface area (Å²) in [6.45, 7) is 5.68. The zero-order chi connectivity index (χ0) is 10.8. The van der Waals surface area contributed by atoms with Crippen LogP contribution in [0.4, 0.5) is 0 Å². The molecule has 0 spiro atoms. The molecule has 90 valence electrons. The van der Waals surface area contributed by atoms with Crippen LogP contribution in [0.5, 0.6) is 0 Å². The molecule has 1 amide bonds. The molecule has 5 nitrogen and oxygen atoms in total. The maximum atomic E-state index is 12.0. The number of nitrogens with one attached hydrogen (secondary N) is 1. The standard InChI is InChI=1S/C9H14N4OS.ClH/c1-6-5-13(7(2)3-10-6)9(14)8-4-11-15-12-8;/h4,6-7,10H,3,5H2,1-2H3;1H. The highest BCUT2D eigenvalue weighted by Crippen LogP contribution is 2.11. The van der Waals surface area contributed by atoms with Gasteiger partial charge in [-0.25, -0.2) is 0 Å². The van der Waals surface area contributed by atoms with E-state index in [1.54, 1.807) is 0 Å². The maximum absolute atomic E-state index is 12.0. The molecule has 0 aromatic carbocycles. The first-order valence-corrected chi connectivity index (χ1v) is 5.73. The van der Waals surface area contributed by atoms with Gasteiger partial charge in [0.15, 0.2) is 5.69 Å². The second-order valence-electron chi connectivity index (χ2n) is 3.91. The minimum absolute atomic E-state index is 0. The summed E-state index contributed by atoms with van der Waals surface area (Å²) >= 11 is 1.07. The largest absolute Gasteiger partial charge is 0.332 e. The van der Waals surface area contributed by atoms with Crippen molar-refractivity contribution in [3.8, 4) is 0 Å². The Hall–Kier alpha value is -0.720. The Morgan fingerprint density at radius 2 is 2.38 bits per heavy atom. The van der Waals surface area contributed by atoms with Gasteiger partial charge in [0.2, 0.25) is 0 Å². The zero-order valence-electron chi connectivity index (χ0n) is 9.21. The van der Waals surface area contributed by atoms with E-state index in [9.17, 15) is 4.79 Å². The van der Waals surface area contributed by atoms with Crippen molar-refractivity contribution in [2.24, 2.45) is 0 Å². The van der Waals surface area contributed by atoms with E-state index in [2.05, 4.69) is 21.0 Å². The van der Waals surface area contributed by atoms with Crippen LogP contribution < -0.4 is 5.32 Å². The van der Waals surface area contributed by atoms with Crippen LogP contribution in [0.3, 0.4) is 0 Å². The second-order valence-corrected chi connectivity index (χ2v) is 4.47. The minimum Gasteiger partial charge on any atom is -0.332 e. The molecule has 0 aliphatic carbocycles. The van der Waals surface area contributed by atoms with Gasteiger partial charge in [0.25, 0.3) is 5.91 Å². The molecule has 1 aliphatic rings. The van der Waals surface area contributed by atoms with Crippen LogP contribution in [0.25, 0.3) is 0 Å². The SMILES string of the molecule is CC1CN(C(=O)c2cnsn2)C(C)CN1.Cl. The Labute approximate surface area is 105 Å². The zero-order valence-corrected chi connectivity index (χ0v) is 10.8. The van der Waals surface area contributed by atoms with Gasteiger partial charge in [0, 0.05) is 25.2 Å². The molecule has 1 fully saturated rings. The minimum atomic E-state index is -0.00963. The van der Waals surface area contributed by atoms with E-state index in [0.29, 0.717) is 11.7 Å². The Bertz CT molecular complexity index is 345. The van der Waals surface area contributed by atoms with E-state index >= 15 is 0 Å². The van der Waals surface area contributed by atoms with Crippen molar-refractivity contribution in [2.75, 3.05) is 13.1 Å². The Balaban J connectivity index is 0.00000128. The number of hydrogen-bond acceptors (Lipinski definition) is 5. The van der Waals surface area contributed by atoms with E-state index in [1.807, 2.05) is 11.8 Å². The van der Waals surface area contributed by atoms with E-state index < -0.39 is 0 Å². The van der Waals surface area contributed by atoms with Crippen molar-refractivity contribution in [3.63, 3.8) is 0 Å². The summed E-state index contributed by atoms with van der Waals surface area (Å²) in [4.78, 5) is 13.9. The highest BCUT2D eigenvalue weighted by Gasteiger charge is 2.28. The van der Waals surface area contributed by atoms with E-state index in [4.69, 9.17) is 0 Å². The lowest BCUT2D eigenvalue weighted by atomic mass is 10.1. The van der Waals surface area contributed by atoms with Gasteiger partial charge in [-0.1, -0.05) is 0 Å². The van der Waals surface area contributed by atoms with Gasteiger partial charge >= 0.3 is 0 Å². The number of amides is 1. The highest BCUT2D eigenvalue weighted by molar-refractivity contribution is 6.99. The molecule has 0 bridgehead atoms. The number of hydrogen-bond donors (Lipinski definition) is 1. The number of carbonyl (C=O) groups is 1. The lowest BCUT2D eigenvalue weighted by Gasteiger charge is -2.37. The molecule has 7 heteroatoms. The molecule has 2 rings (SSSR count). The average molecular weight is 263 g/mol. The van der Waals surface area contributed by atoms with Gasteiger partial charge in [-0.3, -0.25) is 4.79 Å². The monoisotopic (exact) mass is 262 g/mol. The van der Waals surface area contributed by atoms with Crippen LogP contribution in [0, 0.1) is 0 Å². The van der Waals surface area contributed by atoms with Gasteiger partial charge < -0.3 is 10.2 Å². The first-order valence-electron chi connectivity index (χ1n) is 5.00. The lowest BCUT2D eigenvalue weighted by molar-refractivity contribution is 0.0611. The van der Waals surface area contributed by atoms with Crippen molar-refractivity contribution in [3.05, 3.63) is 11.9 Å². The normalized spacial score (nSPS) is 25.0.